The monoisotopic (exact) mass is 389 g/mol. The summed E-state index contributed by atoms with van der Waals surface area (Å²) < 4.78 is 7.01. The van der Waals surface area contributed by atoms with Crippen molar-refractivity contribution >= 4 is 23.6 Å². The number of carboxylic acid groups (broad SMARTS) is 1. The highest BCUT2D eigenvalue weighted by atomic mass is 32.2. The fraction of sp³-hybridized carbons (Fsp3) is 0.421. The van der Waals surface area contributed by atoms with Gasteiger partial charge in [-0.1, -0.05) is 0 Å². The van der Waals surface area contributed by atoms with Gasteiger partial charge in [-0.25, -0.2) is 9.48 Å². The molecule has 1 aromatic heterocycles. The van der Waals surface area contributed by atoms with Crippen LogP contribution in [0.3, 0.4) is 0 Å². The minimum absolute atomic E-state index is 0.0350. The average Bonchev–Trinajstić information content (AvgIpc) is 3.08. The summed E-state index contributed by atoms with van der Waals surface area (Å²) in [5.41, 5.74) is 1.98. The van der Waals surface area contributed by atoms with Crippen molar-refractivity contribution in [2.75, 3.05) is 26.0 Å². The van der Waals surface area contributed by atoms with Gasteiger partial charge in [0.2, 0.25) is 0 Å². The molecule has 3 rings (SSSR count). The molecule has 1 fully saturated rings. The summed E-state index contributed by atoms with van der Waals surface area (Å²) in [6.45, 7) is 3.77. The molecule has 1 aliphatic rings. The Morgan fingerprint density at radius 2 is 1.96 bits per heavy atom. The lowest BCUT2D eigenvalue weighted by Crippen LogP contribution is -2.44. The number of benzene rings is 1. The number of carbonyl (C=O) groups excluding carboxylic acids is 1. The van der Waals surface area contributed by atoms with E-state index in [0.717, 1.165) is 26.1 Å². The lowest BCUT2D eigenvalue weighted by Gasteiger charge is -2.35. The maximum absolute atomic E-state index is 12.5. The highest BCUT2D eigenvalue weighted by Gasteiger charge is 2.32. The van der Waals surface area contributed by atoms with E-state index in [1.807, 2.05) is 0 Å². The standard InChI is InChI=1S/C19H23N3O4S/c1-13-16(18(24)25)11-21-22(13)15-5-3-14(4-6-15)17(23)20-12-19(27-2)7-9-26-10-8-19/h3-6,11H,7-10,12H2,1-2H3,(H,20,23)(H,24,25). The molecule has 1 saturated heterocycles. The van der Waals surface area contributed by atoms with E-state index in [1.165, 1.54) is 6.20 Å². The van der Waals surface area contributed by atoms with Crippen molar-refractivity contribution < 1.29 is 19.4 Å². The molecular weight excluding hydrogens is 366 g/mol. The number of carbonyl (C=O) groups is 2. The molecule has 0 spiro atoms. The molecule has 0 atom stereocenters. The second-order valence-corrected chi connectivity index (χ2v) is 7.86. The highest BCUT2D eigenvalue weighted by molar-refractivity contribution is 8.00. The molecule has 0 unspecified atom stereocenters. The third kappa shape index (κ3) is 4.17. The number of nitrogens with one attached hydrogen (secondary N) is 1. The van der Waals surface area contributed by atoms with Crippen LogP contribution in [0.4, 0.5) is 0 Å². The molecule has 0 saturated carbocycles. The van der Waals surface area contributed by atoms with Crippen LogP contribution in [0.15, 0.2) is 30.5 Å². The molecule has 0 radical (unpaired) electrons. The van der Waals surface area contributed by atoms with Crippen LogP contribution in [-0.2, 0) is 4.74 Å². The molecule has 2 heterocycles. The molecular formula is C19H23N3O4S. The van der Waals surface area contributed by atoms with Gasteiger partial charge >= 0.3 is 5.97 Å². The zero-order valence-electron chi connectivity index (χ0n) is 15.4. The first-order chi connectivity index (χ1) is 13.0. The van der Waals surface area contributed by atoms with Crippen LogP contribution in [-0.4, -0.2) is 57.5 Å². The zero-order valence-corrected chi connectivity index (χ0v) is 16.2. The summed E-state index contributed by atoms with van der Waals surface area (Å²) in [5, 5.41) is 16.3. The Bertz CT molecular complexity index is 826. The number of rotatable bonds is 6. The first kappa shape index (κ1) is 19.4. The molecule has 8 heteroatoms. The van der Waals surface area contributed by atoms with Gasteiger partial charge in [0.15, 0.2) is 0 Å². The Morgan fingerprint density at radius 3 is 2.52 bits per heavy atom. The SMILES string of the molecule is CSC1(CNC(=O)c2ccc(-n3ncc(C(=O)O)c3C)cc2)CCOCC1. The first-order valence-electron chi connectivity index (χ1n) is 8.75. The van der Waals surface area contributed by atoms with Gasteiger partial charge < -0.3 is 15.2 Å². The van der Waals surface area contributed by atoms with Crippen molar-refractivity contribution in [3.05, 3.63) is 47.3 Å². The molecule has 1 amide bonds. The van der Waals surface area contributed by atoms with E-state index >= 15 is 0 Å². The van der Waals surface area contributed by atoms with E-state index in [4.69, 9.17) is 9.84 Å². The van der Waals surface area contributed by atoms with Crippen LogP contribution in [0.25, 0.3) is 5.69 Å². The summed E-state index contributed by atoms with van der Waals surface area (Å²) in [4.78, 5) is 23.6. The average molecular weight is 389 g/mol. The Hall–Kier alpha value is -2.32. The maximum Gasteiger partial charge on any atom is 0.339 e. The van der Waals surface area contributed by atoms with Gasteiger partial charge in [0.25, 0.3) is 5.91 Å². The largest absolute Gasteiger partial charge is 0.478 e. The Labute approximate surface area is 162 Å². The number of amides is 1. The molecule has 2 N–H and O–H groups in total. The number of thioether (sulfide) groups is 1. The Morgan fingerprint density at radius 1 is 1.30 bits per heavy atom. The van der Waals surface area contributed by atoms with Crippen LogP contribution in [0.1, 0.15) is 39.3 Å². The van der Waals surface area contributed by atoms with Gasteiger partial charge in [0, 0.05) is 30.1 Å². The number of aromatic nitrogens is 2. The van der Waals surface area contributed by atoms with E-state index in [-0.39, 0.29) is 16.2 Å². The molecule has 0 bridgehead atoms. The predicted octanol–water partition coefficient (Wildman–Crippen LogP) is 2.52. The molecule has 27 heavy (non-hydrogen) atoms. The Kier molecular flexibility index (Phi) is 5.86. The van der Waals surface area contributed by atoms with Crippen LogP contribution in [0.5, 0.6) is 0 Å². The maximum atomic E-state index is 12.5. The molecule has 7 nitrogen and oxygen atoms in total. The van der Waals surface area contributed by atoms with Crippen molar-refractivity contribution in [3.63, 3.8) is 0 Å². The molecule has 144 valence electrons. The van der Waals surface area contributed by atoms with E-state index in [2.05, 4.69) is 16.7 Å². The summed E-state index contributed by atoms with van der Waals surface area (Å²) in [7, 11) is 0. The molecule has 2 aromatic rings. The zero-order chi connectivity index (χ0) is 19.4. The van der Waals surface area contributed by atoms with Gasteiger partial charge in [-0.3, -0.25) is 4.79 Å². The Balaban J connectivity index is 1.68. The van der Waals surface area contributed by atoms with Crippen LogP contribution >= 0.6 is 11.8 Å². The normalized spacial score (nSPS) is 16.1. The number of hydrogen-bond donors (Lipinski definition) is 2. The van der Waals surface area contributed by atoms with E-state index in [1.54, 1.807) is 47.6 Å². The van der Waals surface area contributed by atoms with Gasteiger partial charge in [0.1, 0.15) is 5.56 Å². The molecule has 1 aliphatic heterocycles. The van der Waals surface area contributed by atoms with Crippen molar-refractivity contribution in [1.29, 1.82) is 0 Å². The third-order valence-corrected chi connectivity index (χ3v) is 6.44. The minimum atomic E-state index is -1.01. The predicted molar refractivity (Wildman–Crippen MR) is 104 cm³/mol. The number of aromatic carboxylic acids is 1. The van der Waals surface area contributed by atoms with Crippen molar-refractivity contribution in [2.45, 2.75) is 24.5 Å². The van der Waals surface area contributed by atoms with Crippen LogP contribution in [0.2, 0.25) is 0 Å². The van der Waals surface area contributed by atoms with E-state index in [0.29, 0.717) is 23.5 Å². The van der Waals surface area contributed by atoms with Gasteiger partial charge in [0.05, 0.1) is 17.6 Å². The van der Waals surface area contributed by atoms with Crippen LogP contribution in [0, 0.1) is 6.92 Å². The van der Waals surface area contributed by atoms with Crippen molar-refractivity contribution in [2.24, 2.45) is 0 Å². The summed E-state index contributed by atoms with van der Waals surface area (Å²) in [6, 6.07) is 6.97. The summed E-state index contributed by atoms with van der Waals surface area (Å²) >= 11 is 1.78. The van der Waals surface area contributed by atoms with Gasteiger partial charge in [-0.15, -0.1) is 0 Å². The summed E-state index contributed by atoms with van der Waals surface area (Å²) in [5.74, 6) is -1.13. The van der Waals surface area contributed by atoms with Crippen molar-refractivity contribution in [3.8, 4) is 5.69 Å². The number of carboxylic acids is 1. The number of ether oxygens (including phenoxy) is 1. The molecule has 1 aromatic carbocycles. The van der Waals surface area contributed by atoms with E-state index < -0.39 is 5.97 Å². The van der Waals surface area contributed by atoms with Gasteiger partial charge in [-0.2, -0.15) is 16.9 Å². The number of nitrogens with zero attached hydrogens (tertiary/aromatic N) is 2. The number of hydrogen-bond acceptors (Lipinski definition) is 5. The fourth-order valence-electron chi connectivity index (χ4n) is 3.17. The highest BCUT2D eigenvalue weighted by Crippen LogP contribution is 2.33. The third-order valence-electron chi connectivity index (χ3n) is 5.02. The minimum Gasteiger partial charge on any atom is -0.478 e. The van der Waals surface area contributed by atoms with E-state index in [9.17, 15) is 9.59 Å². The van der Waals surface area contributed by atoms with Crippen molar-refractivity contribution in [1.82, 2.24) is 15.1 Å². The molecule has 0 aliphatic carbocycles. The first-order valence-corrected chi connectivity index (χ1v) is 9.98. The second-order valence-electron chi connectivity index (χ2n) is 6.59. The summed E-state index contributed by atoms with van der Waals surface area (Å²) in [6.07, 6.45) is 5.26. The lowest BCUT2D eigenvalue weighted by atomic mass is 9.99. The lowest BCUT2D eigenvalue weighted by molar-refractivity contribution is 0.0695. The van der Waals surface area contributed by atoms with Crippen LogP contribution < -0.4 is 5.32 Å². The van der Waals surface area contributed by atoms with Gasteiger partial charge in [-0.05, 0) is 50.3 Å². The topological polar surface area (TPSA) is 93.5 Å². The smallest absolute Gasteiger partial charge is 0.339 e. The fourth-order valence-corrected chi connectivity index (χ4v) is 3.97. The second kappa shape index (κ2) is 8.14. The quantitative estimate of drug-likeness (QED) is 0.789.